The topological polar surface area (TPSA) is 139 Å². The number of fused-ring (bicyclic) bond motifs is 1. The maximum Gasteiger partial charge on any atom is 0.338 e. The average Bonchev–Trinajstić information content (AvgIpc) is 3.31. The maximum atomic E-state index is 13.3. The van der Waals surface area contributed by atoms with Crippen LogP contribution in [-0.2, 0) is 20.3 Å². The number of ether oxygens (including phenoxy) is 2. The zero-order valence-corrected chi connectivity index (χ0v) is 19.2. The second kappa shape index (κ2) is 9.63. The molecule has 0 saturated carbocycles. The highest BCUT2D eigenvalue weighted by Crippen LogP contribution is 2.43. The Morgan fingerprint density at radius 1 is 0.886 bits per heavy atom. The zero-order valence-electron chi connectivity index (χ0n) is 18.4. The van der Waals surface area contributed by atoms with Gasteiger partial charge in [0.2, 0.25) is 0 Å². The molecule has 1 aliphatic rings. The Balaban J connectivity index is 1.37. The lowest BCUT2D eigenvalue weighted by Crippen LogP contribution is -2.53. The summed E-state index contributed by atoms with van der Waals surface area (Å²) < 4.78 is 26.0. The van der Waals surface area contributed by atoms with Gasteiger partial charge in [0, 0.05) is 5.92 Å². The number of nitrogen functional groups attached to an aromatic ring is 1. The van der Waals surface area contributed by atoms with Crippen molar-refractivity contribution in [3.63, 3.8) is 0 Å². The molecule has 2 aromatic heterocycles. The predicted octanol–water partition coefficient (Wildman–Crippen LogP) is 2.37. The summed E-state index contributed by atoms with van der Waals surface area (Å²) in [5.74, 6) is -1.22. The molecule has 10 nitrogen and oxygen atoms in total. The molecule has 0 bridgehead atoms. The summed E-state index contributed by atoms with van der Waals surface area (Å²) in [7, 11) is -1.47. The summed E-state index contributed by atoms with van der Waals surface area (Å²) in [5.41, 5.74) is 7.52. The van der Waals surface area contributed by atoms with Gasteiger partial charge in [0.1, 0.15) is 23.8 Å². The molecule has 2 aromatic carbocycles. The molecule has 1 unspecified atom stereocenters. The Bertz CT molecular complexity index is 1400. The number of nitrogens with two attached hydrogens (primary N) is 1. The average molecular weight is 492 g/mol. The lowest BCUT2D eigenvalue weighted by Gasteiger charge is -2.43. The fourth-order valence-corrected chi connectivity index (χ4v) is 5.87. The molecule has 4 atom stereocenters. The van der Waals surface area contributed by atoms with E-state index < -0.39 is 39.3 Å². The second-order valence-electron chi connectivity index (χ2n) is 7.93. The minimum atomic E-state index is -1.47. The van der Waals surface area contributed by atoms with Crippen molar-refractivity contribution in [2.75, 3.05) is 18.9 Å². The first-order valence-corrected chi connectivity index (χ1v) is 12.1. The van der Waals surface area contributed by atoms with Gasteiger partial charge in [-0.05, 0) is 24.3 Å². The van der Waals surface area contributed by atoms with Gasteiger partial charge in [-0.1, -0.05) is 36.4 Å². The quantitative estimate of drug-likeness (QED) is 0.386. The molecule has 0 radical (unpaired) electrons. The lowest BCUT2D eigenvalue weighted by molar-refractivity contribution is 0.0308. The van der Waals surface area contributed by atoms with Crippen molar-refractivity contribution in [1.82, 2.24) is 19.5 Å². The van der Waals surface area contributed by atoms with E-state index in [1.54, 1.807) is 65.2 Å². The summed E-state index contributed by atoms with van der Waals surface area (Å²) in [5, 5.41) is -1.15. The van der Waals surface area contributed by atoms with Crippen LogP contribution in [0.4, 0.5) is 5.82 Å². The number of anilines is 1. The molecule has 11 heteroatoms. The van der Waals surface area contributed by atoms with Gasteiger partial charge in [-0.3, -0.25) is 8.78 Å². The fourth-order valence-electron chi connectivity index (χ4n) is 4.02. The van der Waals surface area contributed by atoms with Crippen LogP contribution < -0.4 is 5.73 Å². The van der Waals surface area contributed by atoms with E-state index in [1.807, 2.05) is 0 Å². The number of imidazole rings is 1. The minimum absolute atomic E-state index is 0.0298. The molecule has 35 heavy (non-hydrogen) atoms. The van der Waals surface area contributed by atoms with Crippen LogP contribution in [0.25, 0.3) is 11.2 Å². The molecule has 5 rings (SSSR count). The SMILES string of the molecule is Nc1ncnc2c1ncn2[C@H]1[C@@H](COC(=O)c2ccccc2)[C@H](COC(=O)c2ccccc2)S1=O. The van der Waals surface area contributed by atoms with Crippen molar-refractivity contribution in [1.29, 1.82) is 0 Å². The standard InChI is InChI=1S/C24H21N5O5S/c25-20-19-21(27-13-26-20)29(14-28-19)22-17(11-33-23(30)15-7-3-1-4-8-15)18(35(22)32)12-34-24(31)16-9-5-2-6-10-16/h1-10,13-14,17-18,22H,11-12H2,(H2,25,26,27)/t17-,18-,22+,35?/m0/s1. The van der Waals surface area contributed by atoms with Crippen LogP contribution >= 0.6 is 0 Å². The molecule has 1 aliphatic heterocycles. The molecule has 178 valence electrons. The van der Waals surface area contributed by atoms with Crippen molar-refractivity contribution in [2.45, 2.75) is 10.6 Å². The number of carbonyl (C=O) groups is 2. The van der Waals surface area contributed by atoms with Gasteiger partial charge >= 0.3 is 11.9 Å². The number of aromatic nitrogens is 4. The number of hydrogen-bond donors (Lipinski definition) is 1. The van der Waals surface area contributed by atoms with E-state index in [9.17, 15) is 13.8 Å². The van der Waals surface area contributed by atoms with E-state index in [-0.39, 0.29) is 19.0 Å². The zero-order chi connectivity index (χ0) is 24.4. The van der Waals surface area contributed by atoms with Crippen LogP contribution in [0.5, 0.6) is 0 Å². The predicted molar refractivity (Wildman–Crippen MR) is 128 cm³/mol. The molecule has 3 heterocycles. The van der Waals surface area contributed by atoms with Crippen LogP contribution in [0.3, 0.4) is 0 Å². The Hall–Kier alpha value is -4.12. The van der Waals surface area contributed by atoms with Crippen LogP contribution in [-0.4, -0.2) is 54.1 Å². The number of hydrogen-bond acceptors (Lipinski definition) is 9. The highest BCUT2D eigenvalue weighted by Gasteiger charge is 2.51. The Morgan fingerprint density at radius 2 is 1.49 bits per heavy atom. The first-order valence-electron chi connectivity index (χ1n) is 10.8. The van der Waals surface area contributed by atoms with Gasteiger partial charge in [0.25, 0.3) is 0 Å². The van der Waals surface area contributed by atoms with Crippen molar-refractivity contribution in [3.05, 3.63) is 84.4 Å². The summed E-state index contributed by atoms with van der Waals surface area (Å²) in [4.78, 5) is 37.4. The van der Waals surface area contributed by atoms with E-state index in [1.165, 1.54) is 12.7 Å². The number of benzene rings is 2. The van der Waals surface area contributed by atoms with E-state index in [2.05, 4.69) is 15.0 Å². The monoisotopic (exact) mass is 491 g/mol. The van der Waals surface area contributed by atoms with Crippen LogP contribution in [0.15, 0.2) is 73.3 Å². The van der Waals surface area contributed by atoms with Gasteiger partial charge in [-0.2, -0.15) is 0 Å². The highest BCUT2D eigenvalue weighted by atomic mass is 32.2. The molecule has 0 spiro atoms. The van der Waals surface area contributed by atoms with Gasteiger partial charge in [0.05, 0.1) is 40.1 Å². The molecule has 1 saturated heterocycles. The van der Waals surface area contributed by atoms with E-state index >= 15 is 0 Å². The molecule has 0 amide bonds. The van der Waals surface area contributed by atoms with Gasteiger partial charge in [-0.15, -0.1) is 0 Å². The summed E-state index contributed by atoms with van der Waals surface area (Å²) in [6.07, 6.45) is 2.80. The van der Waals surface area contributed by atoms with Crippen molar-refractivity contribution >= 4 is 39.7 Å². The van der Waals surface area contributed by atoms with Gasteiger partial charge in [0.15, 0.2) is 11.5 Å². The molecule has 0 aliphatic carbocycles. The number of nitrogens with zero attached hydrogens (tertiary/aromatic N) is 4. The minimum Gasteiger partial charge on any atom is -0.462 e. The highest BCUT2D eigenvalue weighted by molar-refractivity contribution is 7.87. The largest absolute Gasteiger partial charge is 0.462 e. The number of carbonyl (C=O) groups excluding carboxylic acids is 2. The second-order valence-corrected chi connectivity index (χ2v) is 9.68. The van der Waals surface area contributed by atoms with Crippen LogP contribution in [0, 0.1) is 5.92 Å². The first kappa shape index (κ1) is 22.7. The van der Waals surface area contributed by atoms with Crippen molar-refractivity contribution in [3.8, 4) is 0 Å². The van der Waals surface area contributed by atoms with E-state index in [0.717, 1.165) is 0 Å². The summed E-state index contributed by atoms with van der Waals surface area (Å²) >= 11 is 0. The summed E-state index contributed by atoms with van der Waals surface area (Å²) in [6.45, 7) is -0.119. The number of esters is 2. The third-order valence-corrected chi connectivity index (χ3v) is 7.98. The molecular formula is C24H21N5O5S. The molecule has 4 aromatic rings. The third-order valence-electron chi connectivity index (χ3n) is 5.85. The smallest absolute Gasteiger partial charge is 0.338 e. The Morgan fingerprint density at radius 3 is 2.11 bits per heavy atom. The van der Waals surface area contributed by atoms with Crippen LogP contribution in [0.2, 0.25) is 0 Å². The normalized spacial score (nSPS) is 21.3. The fraction of sp³-hybridized carbons (Fsp3) is 0.208. The van der Waals surface area contributed by atoms with E-state index in [4.69, 9.17) is 15.2 Å². The van der Waals surface area contributed by atoms with Crippen molar-refractivity contribution in [2.24, 2.45) is 5.92 Å². The number of rotatable bonds is 7. The maximum absolute atomic E-state index is 13.3. The lowest BCUT2D eigenvalue weighted by atomic mass is 10.0. The molecule has 2 N–H and O–H groups in total. The third kappa shape index (κ3) is 4.37. The Labute approximate surface area is 202 Å². The summed E-state index contributed by atoms with van der Waals surface area (Å²) in [6, 6.07) is 17.1. The Kier molecular flexibility index (Phi) is 6.23. The molecule has 1 fully saturated rings. The molecular weight excluding hydrogens is 470 g/mol. The van der Waals surface area contributed by atoms with Gasteiger partial charge in [-0.25, -0.2) is 24.5 Å². The van der Waals surface area contributed by atoms with Crippen LogP contribution in [0.1, 0.15) is 26.1 Å². The van der Waals surface area contributed by atoms with Crippen molar-refractivity contribution < 1.29 is 23.3 Å². The first-order chi connectivity index (χ1) is 17.0. The van der Waals surface area contributed by atoms with Gasteiger partial charge < -0.3 is 15.2 Å². The van der Waals surface area contributed by atoms with E-state index in [0.29, 0.717) is 22.3 Å².